The molecule has 2 aromatic rings. The van der Waals surface area contributed by atoms with Crippen LogP contribution in [0.2, 0.25) is 0 Å². The molecule has 0 aromatic heterocycles. The van der Waals surface area contributed by atoms with Crippen molar-refractivity contribution in [3.05, 3.63) is 59.6 Å². The highest BCUT2D eigenvalue weighted by Crippen LogP contribution is 2.21. The lowest BCUT2D eigenvalue weighted by atomic mass is 10.1. The zero-order chi connectivity index (χ0) is 14.3. The molecule has 1 N–H and O–H groups in total. The summed E-state index contributed by atoms with van der Waals surface area (Å²) < 4.78 is 32.8. The molecule has 0 unspecified atom stereocenters. The lowest BCUT2D eigenvalue weighted by Gasteiger charge is -1.97. The Morgan fingerprint density at radius 1 is 0.947 bits per heavy atom. The molecule has 0 saturated carbocycles. The topological polar surface area (TPSA) is 106 Å². The standard InChI is InChI=1S/C12H9N2.H2O4S/c13-14-12-8-6-11(7-9-12)10-4-2-1-3-5-10;1-5(2,3)4/h1-9H;(H2,1,2,3,4)/q+1;/p-1. The van der Waals surface area contributed by atoms with Gasteiger partial charge < -0.3 is 4.55 Å². The molecule has 0 spiro atoms. The van der Waals surface area contributed by atoms with E-state index in [2.05, 4.69) is 4.98 Å². The van der Waals surface area contributed by atoms with Gasteiger partial charge in [0.25, 0.3) is 0 Å². The minimum absolute atomic E-state index is 0.574. The molecule has 19 heavy (non-hydrogen) atoms. The lowest BCUT2D eigenvalue weighted by molar-refractivity contribution is 0.366. The molecule has 0 aliphatic rings. The molecule has 0 radical (unpaired) electrons. The smallest absolute Gasteiger partial charge is 0.385 e. The molecule has 98 valence electrons. The van der Waals surface area contributed by atoms with Crippen LogP contribution in [0.15, 0.2) is 54.6 Å². The second-order valence-electron chi connectivity index (χ2n) is 3.44. The Bertz CT molecular complexity index is 653. The fraction of sp³-hybridized carbons (Fsp3) is 0. The summed E-state index contributed by atoms with van der Waals surface area (Å²) in [6.45, 7) is 0. The fourth-order valence-electron chi connectivity index (χ4n) is 1.35. The van der Waals surface area contributed by atoms with Crippen LogP contribution >= 0.6 is 0 Å². The minimum Gasteiger partial charge on any atom is -0.726 e. The SMILES string of the molecule is N#[N+]c1ccc(-c2ccccc2)cc1.O=S(=O)([O-])O. The second-order valence-corrected chi connectivity index (χ2v) is 4.30. The molecule has 0 amide bonds. The maximum atomic E-state index is 8.63. The van der Waals surface area contributed by atoms with Gasteiger partial charge in [-0.1, -0.05) is 30.3 Å². The van der Waals surface area contributed by atoms with E-state index in [0.717, 1.165) is 11.1 Å². The first-order valence-electron chi connectivity index (χ1n) is 5.09. The zero-order valence-corrected chi connectivity index (χ0v) is 10.5. The second kappa shape index (κ2) is 6.61. The number of nitrogens with zero attached hydrogens (tertiary/aromatic N) is 2. The summed E-state index contributed by atoms with van der Waals surface area (Å²) in [6.07, 6.45) is 0. The largest absolute Gasteiger partial charge is 0.726 e. The summed E-state index contributed by atoms with van der Waals surface area (Å²) in [5.41, 5.74) is 2.86. The van der Waals surface area contributed by atoms with Crippen molar-refractivity contribution in [2.75, 3.05) is 0 Å². The van der Waals surface area contributed by atoms with Crippen LogP contribution in [-0.4, -0.2) is 17.5 Å². The molecule has 2 rings (SSSR count). The third kappa shape index (κ3) is 6.28. The van der Waals surface area contributed by atoms with Gasteiger partial charge in [-0.25, -0.2) is 8.42 Å². The molecule has 6 nitrogen and oxygen atoms in total. The lowest BCUT2D eigenvalue weighted by Crippen LogP contribution is -1.90. The van der Waals surface area contributed by atoms with Crippen LogP contribution in [0, 0.1) is 5.39 Å². The van der Waals surface area contributed by atoms with Crippen LogP contribution in [-0.2, 0) is 10.4 Å². The molecular weight excluding hydrogens is 268 g/mol. The highest BCUT2D eigenvalue weighted by Gasteiger charge is 2.03. The maximum Gasteiger partial charge on any atom is 0.385 e. The van der Waals surface area contributed by atoms with Gasteiger partial charge in [0.1, 0.15) is 0 Å². The molecule has 0 fully saturated rings. The molecule has 0 aliphatic carbocycles. The van der Waals surface area contributed by atoms with E-state index in [1.807, 2.05) is 42.5 Å². The van der Waals surface area contributed by atoms with E-state index < -0.39 is 10.4 Å². The van der Waals surface area contributed by atoms with Gasteiger partial charge in [0, 0.05) is 12.1 Å². The number of rotatable bonds is 1. The summed E-state index contributed by atoms with van der Waals surface area (Å²) in [7, 11) is -4.92. The Kier molecular flexibility index (Phi) is 5.14. The van der Waals surface area contributed by atoms with Crippen molar-refractivity contribution in [2.45, 2.75) is 0 Å². The van der Waals surface area contributed by atoms with Crippen LogP contribution < -0.4 is 0 Å². The number of benzene rings is 2. The molecule has 2 aromatic carbocycles. The number of hydrogen-bond donors (Lipinski definition) is 1. The van der Waals surface area contributed by atoms with Gasteiger partial charge in [0.05, 0.1) is 0 Å². The van der Waals surface area contributed by atoms with Gasteiger partial charge >= 0.3 is 5.69 Å². The molecule has 0 saturated heterocycles. The van der Waals surface area contributed by atoms with Gasteiger partial charge in [0.15, 0.2) is 4.98 Å². The maximum absolute atomic E-state index is 8.63. The van der Waals surface area contributed by atoms with Crippen molar-refractivity contribution in [3.8, 4) is 11.1 Å². The third-order valence-electron chi connectivity index (χ3n) is 2.09. The fourth-order valence-corrected chi connectivity index (χ4v) is 1.35. The van der Waals surface area contributed by atoms with E-state index in [1.165, 1.54) is 0 Å². The first kappa shape index (κ1) is 14.8. The molecular formula is C12H10N2O4S. The van der Waals surface area contributed by atoms with Crippen molar-refractivity contribution in [3.63, 3.8) is 0 Å². The normalized spacial score (nSPS) is 9.95. The Morgan fingerprint density at radius 2 is 1.37 bits per heavy atom. The monoisotopic (exact) mass is 278 g/mol. The summed E-state index contributed by atoms with van der Waals surface area (Å²) in [5.74, 6) is 0. The van der Waals surface area contributed by atoms with Crippen molar-refractivity contribution >= 4 is 16.1 Å². The van der Waals surface area contributed by atoms with Crippen molar-refractivity contribution in [1.82, 2.24) is 0 Å². The van der Waals surface area contributed by atoms with E-state index in [9.17, 15) is 0 Å². The molecule has 0 heterocycles. The summed E-state index contributed by atoms with van der Waals surface area (Å²) in [4.78, 5) is 3.11. The summed E-state index contributed by atoms with van der Waals surface area (Å²) >= 11 is 0. The zero-order valence-electron chi connectivity index (χ0n) is 9.67. The number of hydrogen-bond acceptors (Lipinski definition) is 4. The van der Waals surface area contributed by atoms with E-state index >= 15 is 0 Å². The molecule has 7 heteroatoms. The third-order valence-corrected chi connectivity index (χ3v) is 2.09. The minimum atomic E-state index is -4.92. The van der Waals surface area contributed by atoms with E-state index in [-0.39, 0.29) is 0 Å². The van der Waals surface area contributed by atoms with Crippen LogP contribution in [0.3, 0.4) is 0 Å². The predicted octanol–water partition coefficient (Wildman–Crippen LogP) is 2.84. The highest BCUT2D eigenvalue weighted by molar-refractivity contribution is 7.79. The highest BCUT2D eigenvalue weighted by atomic mass is 32.3. The summed E-state index contributed by atoms with van der Waals surface area (Å²) in [6, 6.07) is 17.5. The molecule has 0 bridgehead atoms. The van der Waals surface area contributed by atoms with Crippen LogP contribution in [0.4, 0.5) is 5.69 Å². The Balaban J connectivity index is 0.000000312. The van der Waals surface area contributed by atoms with Gasteiger partial charge in [-0.05, 0) is 23.3 Å². The van der Waals surface area contributed by atoms with Gasteiger partial charge in [-0.15, -0.1) is 0 Å². The first-order valence-corrected chi connectivity index (χ1v) is 6.45. The Labute approximate surface area is 110 Å². The summed E-state index contributed by atoms with van der Waals surface area (Å²) in [5, 5.41) is 8.52. The predicted molar refractivity (Wildman–Crippen MR) is 68.9 cm³/mol. The first-order chi connectivity index (χ1) is 8.90. The van der Waals surface area contributed by atoms with Crippen molar-refractivity contribution < 1.29 is 17.5 Å². The van der Waals surface area contributed by atoms with Crippen molar-refractivity contribution in [2.24, 2.45) is 0 Å². The van der Waals surface area contributed by atoms with Crippen LogP contribution in [0.1, 0.15) is 0 Å². The van der Waals surface area contributed by atoms with Crippen LogP contribution in [0.5, 0.6) is 0 Å². The van der Waals surface area contributed by atoms with Gasteiger partial charge in [0.2, 0.25) is 15.8 Å². The quantitative estimate of drug-likeness (QED) is 0.490. The van der Waals surface area contributed by atoms with Gasteiger partial charge in [-0.3, -0.25) is 4.55 Å². The van der Waals surface area contributed by atoms with Crippen molar-refractivity contribution in [1.29, 1.82) is 5.39 Å². The average molecular weight is 278 g/mol. The molecule has 0 aliphatic heterocycles. The van der Waals surface area contributed by atoms with Gasteiger partial charge in [-0.2, -0.15) is 0 Å². The van der Waals surface area contributed by atoms with E-state index in [1.54, 1.807) is 12.1 Å². The Hall–Kier alpha value is -2.27. The van der Waals surface area contributed by atoms with Crippen LogP contribution in [0.25, 0.3) is 16.1 Å². The van der Waals surface area contributed by atoms with E-state index in [0.29, 0.717) is 5.69 Å². The Morgan fingerprint density at radius 3 is 1.79 bits per heavy atom. The molecule has 0 atom stereocenters. The number of diazo groups is 1. The van der Waals surface area contributed by atoms with E-state index in [4.69, 9.17) is 22.9 Å². The average Bonchev–Trinajstić information content (AvgIpc) is 2.38.